The fourth-order valence-corrected chi connectivity index (χ4v) is 3.81. The van der Waals surface area contributed by atoms with Crippen molar-refractivity contribution in [2.24, 2.45) is 0 Å². The van der Waals surface area contributed by atoms with Gasteiger partial charge in [-0.2, -0.15) is 5.10 Å². The molecule has 6 heteroatoms. The molecule has 0 bridgehead atoms. The summed E-state index contributed by atoms with van der Waals surface area (Å²) in [7, 11) is 0. The molecule has 0 radical (unpaired) electrons. The summed E-state index contributed by atoms with van der Waals surface area (Å²) in [6.07, 6.45) is 2.39. The van der Waals surface area contributed by atoms with Crippen molar-refractivity contribution in [2.45, 2.75) is 50.9 Å². The van der Waals surface area contributed by atoms with E-state index in [0.717, 1.165) is 24.2 Å². The van der Waals surface area contributed by atoms with Crippen LogP contribution in [0.25, 0.3) is 5.69 Å². The Bertz CT molecular complexity index is 779. The van der Waals surface area contributed by atoms with Crippen LogP contribution in [0.4, 0.5) is 0 Å². The maximum Gasteiger partial charge on any atom is 0.272 e. The Labute approximate surface area is 153 Å². The number of nitrogens with zero attached hydrogens (tertiary/aromatic N) is 2. The quantitative estimate of drug-likeness (QED) is 0.916. The van der Waals surface area contributed by atoms with Gasteiger partial charge < -0.3 is 14.8 Å². The van der Waals surface area contributed by atoms with Crippen molar-refractivity contribution in [3.05, 3.63) is 47.8 Å². The Kier molecular flexibility index (Phi) is 4.54. The van der Waals surface area contributed by atoms with Crippen molar-refractivity contribution in [1.29, 1.82) is 0 Å². The summed E-state index contributed by atoms with van der Waals surface area (Å²) < 4.78 is 13.3. The monoisotopic (exact) mass is 355 g/mol. The molecule has 1 atom stereocenters. The summed E-state index contributed by atoms with van der Waals surface area (Å²) in [6, 6.07) is 11.9. The number of rotatable bonds is 4. The topological polar surface area (TPSA) is 65.4 Å². The van der Waals surface area contributed by atoms with Gasteiger partial charge in [-0.15, -0.1) is 0 Å². The van der Waals surface area contributed by atoms with E-state index in [0.29, 0.717) is 25.3 Å². The van der Waals surface area contributed by atoms with Crippen molar-refractivity contribution in [1.82, 2.24) is 15.1 Å². The number of hydrogen-bond acceptors (Lipinski definition) is 4. The summed E-state index contributed by atoms with van der Waals surface area (Å²) in [5.41, 5.74) is 2.43. The van der Waals surface area contributed by atoms with Crippen LogP contribution in [-0.2, 0) is 9.47 Å². The van der Waals surface area contributed by atoms with Gasteiger partial charge in [0.1, 0.15) is 0 Å². The predicted molar refractivity (Wildman–Crippen MR) is 97.4 cm³/mol. The van der Waals surface area contributed by atoms with Gasteiger partial charge in [0.2, 0.25) is 0 Å². The average molecular weight is 355 g/mol. The fourth-order valence-electron chi connectivity index (χ4n) is 3.81. The minimum atomic E-state index is -0.482. The van der Waals surface area contributed by atoms with Crippen molar-refractivity contribution in [3.63, 3.8) is 0 Å². The summed E-state index contributed by atoms with van der Waals surface area (Å²) in [4.78, 5) is 12.8. The summed E-state index contributed by atoms with van der Waals surface area (Å²) in [6.45, 7) is 5.49. The number of carbonyl (C=O) groups excluding carboxylic acids is 1. The Morgan fingerprint density at radius 2 is 2.00 bits per heavy atom. The molecule has 2 heterocycles. The van der Waals surface area contributed by atoms with E-state index >= 15 is 0 Å². The van der Waals surface area contributed by atoms with E-state index in [1.807, 2.05) is 41.1 Å². The second-order valence-electron chi connectivity index (χ2n) is 7.38. The first-order valence-electron chi connectivity index (χ1n) is 9.30. The highest BCUT2D eigenvalue weighted by Crippen LogP contribution is 2.37. The van der Waals surface area contributed by atoms with Gasteiger partial charge in [0.05, 0.1) is 18.9 Å². The van der Waals surface area contributed by atoms with Crippen LogP contribution in [0.15, 0.2) is 36.4 Å². The molecule has 1 aromatic carbocycles. The van der Waals surface area contributed by atoms with Gasteiger partial charge in [-0.3, -0.25) is 4.79 Å². The van der Waals surface area contributed by atoms with Crippen LogP contribution in [0, 0.1) is 0 Å². The lowest BCUT2D eigenvalue weighted by Gasteiger charge is -2.21. The Morgan fingerprint density at radius 3 is 2.69 bits per heavy atom. The lowest BCUT2D eigenvalue weighted by molar-refractivity contribution is -0.151. The first-order valence-corrected chi connectivity index (χ1v) is 9.30. The minimum Gasteiger partial charge on any atom is -0.348 e. The Hall–Kier alpha value is -2.18. The first-order chi connectivity index (χ1) is 12.6. The van der Waals surface area contributed by atoms with Crippen LogP contribution in [0.3, 0.4) is 0 Å². The SMILES string of the molecule is CC(C)c1cc(C(=O)NC2CCC3(C2)OCCO3)nn1-c1ccccc1. The predicted octanol–water partition coefficient (Wildman–Crippen LogP) is 3.02. The second-order valence-corrected chi connectivity index (χ2v) is 7.38. The van der Waals surface area contributed by atoms with Crippen LogP contribution < -0.4 is 5.32 Å². The molecule has 1 saturated carbocycles. The highest BCUT2D eigenvalue weighted by molar-refractivity contribution is 5.92. The standard InChI is InChI=1S/C20H25N3O3/c1-14(2)18-12-17(22-23(18)16-6-4-3-5-7-16)19(24)21-15-8-9-20(13-15)25-10-11-26-20/h3-7,12,14-15H,8-11,13H2,1-2H3,(H,21,24). The molecule has 138 valence electrons. The Balaban J connectivity index is 1.51. The zero-order valence-electron chi connectivity index (χ0n) is 15.3. The van der Waals surface area contributed by atoms with Crippen molar-refractivity contribution in [3.8, 4) is 5.69 Å². The molecule has 2 fully saturated rings. The summed E-state index contributed by atoms with van der Waals surface area (Å²) >= 11 is 0. The number of benzene rings is 1. The molecule has 2 aromatic rings. The van der Waals surface area contributed by atoms with E-state index in [2.05, 4.69) is 24.3 Å². The normalized spacial score (nSPS) is 21.6. The van der Waals surface area contributed by atoms with Gasteiger partial charge in [-0.05, 0) is 30.5 Å². The minimum absolute atomic E-state index is 0.0602. The highest BCUT2D eigenvalue weighted by atomic mass is 16.7. The van der Waals surface area contributed by atoms with Gasteiger partial charge in [-0.25, -0.2) is 4.68 Å². The van der Waals surface area contributed by atoms with Crippen LogP contribution in [-0.4, -0.2) is 40.7 Å². The lowest BCUT2D eigenvalue weighted by Crippen LogP contribution is -2.36. The largest absolute Gasteiger partial charge is 0.348 e. The molecule has 2 aliphatic rings. The third kappa shape index (κ3) is 3.27. The van der Waals surface area contributed by atoms with Crippen molar-refractivity contribution in [2.75, 3.05) is 13.2 Å². The van der Waals surface area contributed by atoms with Crippen molar-refractivity contribution >= 4 is 5.91 Å². The number of aromatic nitrogens is 2. The molecule has 26 heavy (non-hydrogen) atoms. The summed E-state index contributed by atoms with van der Waals surface area (Å²) in [5.74, 6) is -0.356. The van der Waals surface area contributed by atoms with E-state index < -0.39 is 5.79 Å². The highest BCUT2D eigenvalue weighted by Gasteiger charge is 2.44. The van der Waals surface area contributed by atoms with E-state index in [4.69, 9.17) is 9.47 Å². The van der Waals surface area contributed by atoms with Crippen molar-refractivity contribution < 1.29 is 14.3 Å². The number of para-hydroxylation sites is 1. The summed E-state index contributed by atoms with van der Waals surface area (Å²) in [5, 5.41) is 7.68. The maximum atomic E-state index is 12.8. The van der Waals surface area contributed by atoms with Crippen LogP contribution in [0.1, 0.15) is 55.2 Å². The molecule has 1 aliphatic carbocycles. The number of hydrogen-bond donors (Lipinski definition) is 1. The average Bonchev–Trinajstić information content (AvgIpc) is 3.37. The molecule has 1 spiro atoms. The smallest absolute Gasteiger partial charge is 0.272 e. The van der Waals surface area contributed by atoms with Gasteiger partial charge in [0.15, 0.2) is 11.5 Å². The number of amides is 1. The maximum absolute atomic E-state index is 12.8. The van der Waals surface area contributed by atoms with Crippen LogP contribution >= 0.6 is 0 Å². The molecule has 6 nitrogen and oxygen atoms in total. The molecule has 1 unspecified atom stereocenters. The molecular formula is C20H25N3O3. The molecule has 1 saturated heterocycles. The second kappa shape index (κ2) is 6.85. The zero-order chi connectivity index (χ0) is 18.1. The third-order valence-electron chi connectivity index (χ3n) is 5.14. The lowest BCUT2D eigenvalue weighted by atomic mass is 10.1. The van der Waals surface area contributed by atoms with E-state index in [1.165, 1.54) is 0 Å². The molecule has 1 N–H and O–H groups in total. The number of carbonyl (C=O) groups is 1. The van der Waals surface area contributed by atoms with E-state index in [1.54, 1.807) is 0 Å². The number of nitrogens with one attached hydrogen (secondary N) is 1. The van der Waals surface area contributed by atoms with E-state index in [9.17, 15) is 4.79 Å². The molecule has 1 aromatic heterocycles. The Morgan fingerprint density at radius 1 is 1.27 bits per heavy atom. The molecule has 1 amide bonds. The molecular weight excluding hydrogens is 330 g/mol. The third-order valence-corrected chi connectivity index (χ3v) is 5.14. The first kappa shape index (κ1) is 17.2. The van der Waals surface area contributed by atoms with Gasteiger partial charge in [0, 0.05) is 24.6 Å². The molecule has 4 rings (SSSR count). The van der Waals surface area contributed by atoms with Crippen LogP contribution in [0.5, 0.6) is 0 Å². The van der Waals surface area contributed by atoms with Gasteiger partial charge in [0.25, 0.3) is 5.91 Å². The fraction of sp³-hybridized carbons (Fsp3) is 0.500. The van der Waals surface area contributed by atoms with Crippen LogP contribution in [0.2, 0.25) is 0 Å². The van der Waals surface area contributed by atoms with E-state index in [-0.39, 0.29) is 17.9 Å². The zero-order valence-corrected chi connectivity index (χ0v) is 15.3. The number of ether oxygens (including phenoxy) is 2. The molecule has 1 aliphatic heterocycles. The van der Waals surface area contributed by atoms with Gasteiger partial charge >= 0.3 is 0 Å². The van der Waals surface area contributed by atoms with Gasteiger partial charge in [-0.1, -0.05) is 32.0 Å².